The van der Waals surface area contributed by atoms with Crippen molar-refractivity contribution in [2.75, 3.05) is 19.8 Å². The molecule has 1 aromatic carbocycles. The molecule has 4 nitrogen and oxygen atoms in total. The molecule has 112 valence electrons. The predicted molar refractivity (Wildman–Crippen MR) is 79.1 cm³/mol. The summed E-state index contributed by atoms with van der Waals surface area (Å²) < 4.78 is 44.0. The van der Waals surface area contributed by atoms with Crippen molar-refractivity contribution in [2.45, 2.75) is 12.5 Å². The van der Waals surface area contributed by atoms with E-state index in [1.54, 1.807) is 0 Å². The zero-order valence-corrected chi connectivity index (χ0v) is 12.2. The molecule has 1 aliphatic heterocycles. The highest BCUT2D eigenvalue weighted by Gasteiger charge is 2.30. The van der Waals surface area contributed by atoms with Crippen molar-refractivity contribution in [1.29, 1.82) is 0 Å². The molecule has 0 amide bonds. The van der Waals surface area contributed by atoms with Gasteiger partial charge in [0.2, 0.25) is 10.0 Å². The summed E-state index contributed by atoms with van der Waals surface area (Å²) in [4.78, 5) is 0. The number of ether oxygens (including phenoxy) is 1. The van der Waals surface area contributed by atoms with Gasteiger partial charge in [-0.2, -0.15) is 4.31 Å². The van der Waals surface area contributed by atoms with Gasteiger partial charge in [0.15, 0.2) is 0 Å². The molecule has 1 atom stereocenters. The first-order valence-corrected chi connectivity index (χ1v) is 8.00. The highest BCUT2D eigenvalue weighted by molar-refractivity contribution is 7.92. The first-order chi connectivity index (χ1) is 10.0. The maximum Gasteiger partial charge on any atom is 0.237 e. The minimum absolute atomic E-state index is 0.00409. The number of terminal acetylenes is 1. The summed E-state index contributed by atoms with van der Waals surface area (Å²) in [6.07, 6.45) is 7.31. The number of halogens is 1. The normalized spacial score (nSPS) is 19.2. The Bertz CT molecular complexity index is 640. The lowest BCUT2D eigenvalue weighted by Gasteiger charge is -2.23. The second kappa shape index (κ2) is 6.85. The Balaban J connectivity index is 2.18. The van der Waals surface area contributed by atoms with E-state index >= 15 is 0 Å². The Morgan fingerprint density at radius 2 is 2.14 bits per heavy atom. The van der Waals surface area contributed by atoms with Crippen LogP contribution in [0.3, 0.4) is 0 Å². The topological polar surface area (TPSA) is 46.6 Å². The molecular formula is C15H16FNO3S. The van der Waals surface area contributed by atoms with Crippen molar-refractivity contribution >= 4 is 16.1 Å². The van der Waals surface area contributed by atoms with Crippen LogP contribution in [0.2, 0.25) is 0 Å². The first-order valence-electron chi connectivity index (χ1n) is 6.49. The van der Waals surface area contributed by atoms with Crippen LogP contribution < -0.4 is 0 Å². The number of hydrogen-bond acceptors (Lipinski definition) is 3. The molecule has 0 N–H and O–H groups in total. The van der Waals surface area contributed by atoms with Crippen molar-refractivity contribution in [2.24, 2.45) is 0 Å². The van der Waals surface area contributed by atoms with Gasteiger partial charge in [-0.05, 0) is 30.2 Å². The molecule has 21 heavy (non-hydrogen) atoms. The van der Waals surface area contributed by atoms with E-state index < -0.39 is 10.0 Å². The van der Waals surface area contributed by atoms with Crippen LogP contribution in [-0.4, -0.2) is 38.5 Å². The quantitative estimate of drug-likeness (QED) is 0.780. The molecule has 0 aliphatic carbocycles. The van der Waals surface area contributed by atoms with Crippen molar-refractivity contribution < 1.29 is 17.5 Å². The molecule has 6 heteroatoms. The summed E-state index contributed by atoms with van der Waals surface area (Å²) in [6, 6.07) is 5.33. The fourth-order valence-electron chi connectivity index (χ4n) is 2.08. The maximum absolute atomic E-state index is 12.8. The average molecular weight is 309 g/mol. The molecule has 1 saturated heterocycles. The molecule has 1 unspecified atom stereocenters. The van der Waals surface area contributed by atoms with Gasteiger partial charge in [0.25, 0.3) is 0 Å². The summed E-state index contributed by atoms with van der Waals surface area (Å²) >= 11 is 0. The van der Waals surface area contributed by atoms with E-state index in [9.17, 15) is 12.8 Å². The Kier molecular flexibility index (Phi) is 5.12. The molecule has 1 fully saturated rings. The van der Waals surface area contributed by atoms with E-state index in [0.29, 0.717) is 25.2 Å². The van der Waals surface area contributed by atoms with E-state index in [-0.39, 0.29) is 18.4 Å². The van der Waals surface area contributed by atoms with Gasteiger partial charge in [0, 0.05) is 12.0 Å². The summed E-state index contributed by atoms with van der Waals surface area (Å²) in [5, 5.41) is 1.09. The van der Waals surface area contributed by atoms with Crippen LogP contribution in [0, 0.1) is 18.2 Å². The Hall–Kier alpha value is -1.68. The Morgan fingerprint density at radius 3 is 2.71 bits per heavy atom. The van der Waals surface area contributed by atoms with Crippen molar-refractivity contribution in [1.82, 2.24) is 4.31 Å². The summed E-state index contributed by atoms with van der Waals surface area (Å²) in [5.74, 6) is 2.00. The van der Waals surface area contributed by atoms with Crippen molar-refractivity contribution in [3.8, 4) is 12.3 Å². The standard InChI is InChI=1S/C15H16FNO3S/c1-2-9-17(15-7-10-20-12-15)21(18,19)11-8-13-3-5-14(16)6-4-13/h1,3-6,8,11,15H,7,9-10,12H2/b11-8+. The van der Waals surface area contributed by atoms with Crippen LogP contribution in [-0.2, 0) is 14.8 Å². The van der Waals surface area contributed by atoms with Crippen LogP contribution in [0.1, 0.15) is 12.0 Å². The minimum Gasteiger partial charge on any atom is -0.380 e. The summed E-state index contributed by atoms with van der Waals surface area (Å²) in [6.45, 7) is 0.887. The van der Waals surface area contributed by atoms with Crippen LogP contribution in [0.4, 0.5) is 4.39 Å². The van der Waals surface area contributed by atoms with E-state index in [0.717, 1.165) is 5.41 Å². The van der Waals surface area contributed by atoms with E-state index in [4.69, 9.17) is 11.2 Å². The highest BCUT2D eigenvalue weighted by Crippen LogP contribution is 2.18. The minimum atomic E-state index is -3.64. The third-order valence-electron chi connectivity index (χ3n) is 3.19. The number of benzene rings is 1. The lowest BCUT2D eigenvalue weighted by Crippen LogP contribution is -2.39. The highest BCUT2D eigenvalue weighted by atomic mass is 32.2. The zero-order chi connectivity index (χ0) is 15.3. The SMILES string of the molecule is C#CCN(C1CCOC1)S(=O)(=O)/C=C/c1ccc(F)cc1. The predicted octanol–water partition coefficient (Wildman–Crippen LogP) is 1.85. The van der Waals surface area contributed by atoms with E-state index in [1.165, 1.54) is 34.6 Å². The molecule has 2 rings (SSSR count). The fraction of sp³-hybridized carbons (Fsp3) is 0.333. The second-order valence-corrected chi connectivity index (χ2v) is 6.44. The number of sulfonamides is 1. The Morgan fingerprint density at radius 1 is 1.43 bits per heavy atom. The lowest BCUT2D eigenvalue weighted by molar-refractivity contribution is 0.179. The van der Waals surface area contributed by atoms with Gasteiger partial charge >= 0.3 is 0 Å². The molecule has 1 aromatic rings. The molecule has 1 heterocycles. The van der Waals surface area contributed by atoms with Gasteiger partial charge in [-0.1, -0.05) is 18.1 Å². The molecule has 0 aromatic heterocycles. The summed E-state index contributed by atoms with van der Waals surface area (Å²) in [5.41, 5.74) is 0.600. The summed E-state index contributed by atoms with van der Waals surface area (Å²) in [7, 11) is -3.64. The van der Waals surface area contributed by atoms with Gasteiger partial charge in [-0.15, -0.1) is 6.42 Å². The van der Waals surface area contributed by atoms with Crippen LogP contribution >= 0.6 is 0 Å². The third-order valence-corrected chi connectivity index (χ3v) is 4.75. The fourth-order valence-corrected chi connectivity index (χ4v) is 3.40. The molecular weight excluding hydrogens is 293 g/mol. The Labute approximate surface area is 124 Å². The maximum atomic E-state index is 12.8. The van der Waals surface area contributed by atoms with E-state index in [2.05, 4.69) is 5.92 Å². The van der Waals surface area contributed by atoms with Crippen molar-refractivity contribution in [3.63, 3.8) is 0 Å². The average Bonchev–Trinajstić information content (AvgIpc) is 2.98. The van der Waals surface area contributed by atoms with E-state index in [1.807, 2.05) is 0 Å². The lowest BCUT2D eigenvalue weighted by atomic mass is 10.2. The molecule has 0 radical (unpaired) electrons. The molecule has 1 aliphatic rings. The third kappa shape index (κ3) is 4.14. The number of rotatable bonds is 5. The smallest absolute Gasteiger partial charge is 0.237 e. The molecule has 0 saturated carbocycles. The monoisotopic (exact) mass is 309 g/mol. The molecule has 0 bridgehead atoms. The second-order valence-electron chi connectivity index (χ2n) is 4.67. The van der Waals surface area contributed by atoms with Crippen LogP contribution in [0.15, 0.2) is 29.7 Å². The van der Waals surface area contributed by atoms with Gasteiger partial charge in [0.1, 0.15) is 5.82 Å². The number of nitrogens with zero attached hydrogens (tertiary/aromatic N) is 1. The van der Waals surface area contributed by atoms with Crippen LogP contribution in [0.25, 0.3) is 6.08 Å². The largest absolute Gasteiger partial charge is 0.380 e. The van der Waals surface area contributed by atoms with Gasteiger partial charge in [-0.25, -0.2) is 12.8 Å². The molecule has 0 spiro atoms. The first kappa shape index (κ1) is 15.7. The van der Waals surface area contributed by atoms with Gasteiger partial charge in [-0.3, -0.25) is 0 Å². The number of hydrogen-bond donors (Lipinski definition) is 0. The van der Waals surface area contributed by atoms with Gasteiger partial charge < -0.3 is 4.74 Å². The zero-order valence-electron chi connectivity index (χ0n) is 11.4. The van der Waals surface area contributed by atoms with Crippen LogP contribution in [0.5, 0.6) is 0 Å². The van der Waals surface area contributed by atoms with Gasteiger partial charge in [0.05, 0.1) is 19.2 Å². The van der Waals surface area contributed by atoms with Crippen molar-refractivity contribution in [3.05, 3.63) is 41.1 Å².